The Morgan fingerprint density at radius 3 is 2.86 bits per heavy atom. The monoisotopic (exact) mass is 478 g/mol. The number of rotatable bonds is 6. The summed E-state index contributed by atoms with van der Waals surface area (Å²) in [4.78, 5) is 21.3. The number of halogens is 1. The molecule has 9 heteroatoms. The van der Waals surface area contributed by atoms with Crippen LogP contribution in [0, 0.1) is 5.82 Å². The van der Waals surface area contributed by atoms with Gasteiger partial charge >= 0.3 is 0 Å². The number of fused-ring (bicyclic) bond motifs is 2. The van der Waals surface area contributed by atoms with Crippen LogP contribution in [0.1, 0.15) is 42.8 Å². The standard InChI is InChI=1S/C26H31FN6O2/c1-16-11-18(12-17(2)33(16)25(34)14-31(3)4)21-13-28-24(32-15-29-30-26(21)32)8-5-19-20-9-10-35-23(20)7-6-22(19)27/h6-7,11,13,15-17H,5,8-10,12,14H2,1-4H3. The molecule has 2 atom stereocenters. The Kier molecular flexibility index (Phi) is 6.27. The van der Waals surface area contributed by atoms with Crippen LogP contribution in [-0.2, 0) is 24.1 Å². The molecule has 0 aliphatic carbocycles. The molecule has 4 heterocycles. The van der Waals surface area contributed by atoms with E-state index in [1.54, 1.807) is 12.4 Å². The molecule has 0 fully saturated rings. The number of amides is 1. The first-order chi connectivity index (χ1) is 16.8. The van der Waals surface area contributed by atoms with Crippen LogP contribution in [0.4, 0.5) is 4.39 Å². The van der Waals surface area contributed by atoms with Gasteiger partial charge in [-0.15, -0.1) is 10.2 Å². The topological polar surface area (TPSA) is 75.9 Å². The summed E-state index contributed by atoms with van der Waals surface area (Å²) in [5.74, 6) is 1.49. The number of carbonyl (C=O) groups is 1. The number of nitrogens with zero attached hydrogens (tertiary/aromatic N) is 6. The molecule has 0 saturated carbocycles. The number of ether oxygens (including phenoxy) is 1. The Balaban J connectivity index is 1.40. The molecule has 35 heavy (non-hydrogen) atoms. The maximum Gasteiger partial charge on any atom is 0.237 e. The maximum absolute atomic E-state index is 14.6. The van der Waals surface area contributed by atoms with Gasteiger partial charge in [-0.05, 0) is 64.1 Å². The lowest BCUT2D eigenvalue weighted by Crippen LogP contribution is -2.49. The van der Waals surface area contributed by atoms with E-state index in [0.717, 1.165) is 40.3 Å². The number of aryl methyl sites for hydroxylation is 1. The summed E-state index contributed by atoms with van der Waals surface area (Å²) in [6.45, 7) is 5.11. The zero-order valence-electron chi connectivity index (χ0n) is 20.7. The van der Waals surface area contributed by atoms with Crippen molar-refractivity contribution < 1.29 is 13.9 Å². The highest BCUT2D eigenvalue weighted by Crippen LogP contribution is 2.33. The molecule has 0 saturated heterocycles. The van der Waals surface area contributed by atoms with Crippen LogP contribution in [0.5, 0.6) is 5.75 Å². The molecule has 0 radical (unpaired) electrons. The normalized spacial score (nSPS) is 19.7. The van der Waals surface area contributed by atoms with E-state index in [9.17, 15) is 9.18 Å². The summed E-state index contributed by atoms with van der Waals surface area (Å²) in [7, 11) is 3.81. The zero-order chi connectivity index (χ0) is 24.7. The summed E-state index contributed by atoms with van der Waals surface area (Å²) in [5, 5.41) is 8.52. The number of hydrogen-bond donors (Lipinski definition) is 0. The van der Waals surface area contributed by atoms with Crippen molar-refractivity contribution in [2.45, 2.75) is 51.6 Å². The minimum atomic E-state index is -0.199. The second-order valence-electron chi connectivity index (χ2n) is 9.74. The van der Waals surface area contributed by atoms with E-state index in [-0.39, 0.29) is 23.8 Å². The Labute approximate surface area is 204 Å². The van der Waals surface area contributed by atoms with Crippen molar-refractivity contribution in [1.29, 1.82) is 0 Å². The Morgan fingerprint density at radius 2 is 2.09 bits per heavy atom. The maximum atomic E-state index is 14.6. The van der Waals surface area contributed by atoms with Gasteiger partial charge in [0.25, 0.3) is 0 Å². The molecule has 2 aliphatic rings. The molecule has 184 valence electrons. The van der Waals surface area contributed by atoms with E-state index in [0.29, 0.717) is 38.0 Å². The molecule has 1 aromatic carbocycles. The summed E-state index contributed by atoms with van der Waals surface area (Å²) in [6.07, 6.45) is 8.17. The van der Waals surface area contributed by atoms with Gasteiger partial charge in [-0.3, -0.25) is 9.20 Å². The molecule has 2 unspecified atom stereocenters. The minimum absolute atomic E-state index is 0.0331. The predicted octanol–water partition coefficient (Wildman–Crippen LogP) is 2.94. The van der Waals surface area contributed by atoms with E-state index in [2.05, 4.69) is 23.2 Å². The average Bonchev–Trinajstić information content (AvgIpc) is 3.47. The molecule has 1 amide bonds. The van der Waals surface area contributed by atoms with Gasteiger partial charge in [-0.25, -0.2) is 9.37 Å². The van der Waals surface area contributed by atoms with Crippen molar-refractivity contribution in [3.05, 3.63) is 59.1 Å². The van der Waals surface area contributed by atoms with Crippen LogP contribution < -0.4 is 4.74 Å². The smallest absolute Gasteiger partial charge is 0.237 e. The highest BCUT2D eigenvalue weighted by Gasteiger charge is 2.31. The lowest BCUT2D eigenvalue weighted by molar-refractivity contribution is -0.135. The van der Waals surface area contributed by atoms with Crippen molar-refractivity contribution >= 4 is 17.1 Å². The summed E-state index contributed by atoms with van der Waals surface area (Å²) < 4.78 is 22.1. The van der Waals surface area contributed by atoms with Gasteiger partial charge in [-0.1, -0.05) is 6.08 Å². The van der Waals surface area contributed by atoms with Crippen LogP contribution in [0.2, 0.25) is 0 Å². The van der Waals surface area contributed by atoms with Gasteiger partial charge in [0.1, 0.15) is 23.7 Å². The summed E-state index contributed by atoms with van der Waals surface area (Å²) in [5.41, 5.74) is 4.43. The van der Waals surface area contributed by atoms with Gasteiger partial charge in [0.15, 0.2) is 5.65 Å². The van der Waals surface area contributed by atoms with Crippen molar-refractivity contribution in [3.63, 3.8) is 0 Å². The second kappa shape index (κ2) is 9.37. The molecule has 2 aromatic heterocycles. The van der Waals surface area contributed by atoms with Crippen LogP contribution in [0.15, 0.2) is 30.7 Å². The molecule has 2 aliphatic heterocycles. The Morgan fingerprint density at radius 1 is 1.26 bits per heavy atom. The van der Waals surface area contributed by atoms with E-state index in [1.165, 1.54) is 6.07 Å². The highest BCUT2D eigenvalue weighted by atomic mass is 19.1. The summed E-state index contributed by atoms with van der Waals surface area (Å²) in [6, 6.07) is 3.22. The molecule has 3 aromatic rings. The number of benzene rings is 1. The summed E-state index contributed by atoms with van der Waals surface area (Å²) >= 11 is 0. The van der Waals surface area contributed by atoms with E-state index in [1.807, 2.05) is 41.4 Å². The van der Waals surface area contributed by atoms with Gasteiger partial charge in [0.2, 0.25) is 5.91 Å². The average molecular weight is 479 g/mol. The van der Waals surface area contributed by atoms with Crippen molar-refractivity contribution in [3.8, 4) is 5.75 Å². The number of likely N-dealkylation sites (N-methyl/N-ethyl adjacent to an activating group) is 1. The first kappa shape index (κ1) is 23.4. The third-order valence-corrected chi connectivity index (χ3v) is 6.91. The van der Waals surface area contributed by atoms with E-state index < -0.39 is 0 Å². The fourth-order valence-electron chi connectivity index (χ4n) is 5.38. The predicted molar refractivity (Wildman–Crippen MR) is 131 cm³/mol. The Bertz CT molecular complexity index is 1300. The van der Waals surface area contributed by atoms with Crippen LogP contribution in [0.25, 0.3) is 11.2 Å². The van der Waals surface area contributed by atoms with E-state index in [4.69, 9.17) is 9.72 Å². The zero-order valence-corrected chi connectivity index (χ0v) is 20.7. The van der Waals surface area contributed by atoms with E-state index >= 15 is 0 Å². The lowest BCUT2D eigenvalue weighted by Gasteiger charge is -2.38. The van der Waals surface area contributed by atoms with Gasteiger partial charge in [-0.2, -0.15) is 0 Å². The highest BCUT2D eigenvalue weighted by molar-refractivity contribution is 5.82. The van der Waals surface area contributed by atoms with Gasteiger partial charge in [0.05, 0.1) is 13.2 Å². The van der Waals surface area contributed by atoms with Crippen LogP contribution >= 0.6 is 0 Å². The number of carbonyl (C=O) groups excluding carboxylic acids is 1. The molecule has 8 nitrogen and oxygen atoms in total. The first-order valence-electron chi connectivity index (χ1n) is 12.1. The molecule has 0 bridgehead atoms. The van der Waals surface area contributed by atoms with Crippen LogP contribution in [0.3, 0.4) is 0 Å². The molecule has 0 N–H and O–H groups in total. The fraction of sp³-hybridized carbons (Fsp3) is 0.462. The quantitative estimate of drug-likeness (QED) is 0.542. The molecular formula is C26H31FN6O2. The lowest BCUT2D eigenvalue weighted by atomic mass is 9.92. The largest absolute Gasteiger partial charge is 0.493 e. The minimum Gasteiger partial charge on any atom is -0.493 e. The van der Waals surface area contributed by atoms with Crippen LogP contribution in [-0.4, -0.2) is 74.6 Å². The first-order valence-corrected chi connectivity index (χ1v) is 12.1. The van der Waals surface area contributed by atoms with Gasteiger partial charge < -0.3 is 14.5 Å². The number of hydrogen-bond acceptors (Lipinski definition) is 6. The Hall–Kier alpha value is -3.33. The number of aromatic nitrogens is 4. The third-order valence-electron chi connectivity index (χ3n) is 6.91. The van der Waals surface area contributed by atoms with Crippen molar-refractivity contribution in [2.75, 3.05) is 27.2 Å². The van der Waals surface area contributed by atoms with Gasteiger partial charge in [0, 0.05) is 42.2 Å². The molecular weight excluding hydrogens is 447 g/mol. The fourth-order valence-corrected chi connectivity index (χ4v) is 5.38. The van der Waals surface area contributed by atoms with Crippen molar-refractivity contribution in [1.82, 2.24) is 29.4 Å². The third kappa shape index (κ3) is 4.40. The van der Waals surface area contributed by atoms with Crippen molar-refractivity contribution in [2.24, 2.45) is 0 Å². The SMILES string of the molecule is CC1C=C(c2cnc(CCc3c(F)ccc4c3CCO4)n3cnnc23)CC(C)N1C(=O)CN(C)C. The molecule has 0 spiro atoms. The molecule has 5 rings (SSSR count). The second-order valence-corrected chi connectivity index (χ2v) is 9.74.